The molecule has 6 nitrogen and oxygen atoms in total. The molecule has 32 heavy (non-hydrogen) atoms. The molecule has 2 aromatic heterocycles. The molecule has 0 saturated carbocycles. The van der Waals surface area contributed by atoms with Crippen LogP contribution in [-0.4, -0.2) is 25.2 Å². The molecule has 1 N–H and O–H groups in total. The molecule has 0 saturated heterocycles. The molecular formula is C24H21F2N5O. The molecule has 0 aliphatic heterocycles. The smallest absolute Gasteiger partial charge is 0.272 e. The standard InChI is InChI=1S/C24H21F2N5O/c1-30-14-13-27-23(30)21(15-7-2-3-9-17(15)25)28-24(32)22-16-8-6-12-19(16)31(29-22)20-11-5-4-10-18(20)26/h2-5,7,9-11,13-14,21H,6,8,12H2,1H3,(H,28,32). The Bertz CT molecular complexity index is 1310. The Morgan fingerprint density at radius 3 is 2.53 bits per heavy atom. The van der Waals surface area contributed by atoms with E-state index in [2.05, 4.69) is 15.4 Å². The highest BCUT2D eigenvalue weighted by Crippen LogP contribution is 2.30. The van der Waals surface area contributed by atoms with Crippen LogP contribution < -0.4 is 5.32 Å². The Kier molecular flexibility index (Phi) is 5.05. The number of halogens is 2. The Hall–Kier alpha value is -3.81. The number of nitrogens with one attached hydrogen (secondary N) is 1. The predicted octanol–water partition coefficient (Wildman–Crippen LogP) is 3.89. The van der Waals surface area contributed by atoms with E-state index in [-0.39, 0.29) is 5.69 Å². The van der Waals surface area contributed by atoms with Gasteiger partial charge < -0.3 is 9.88 Å². The number of aryl methyl sites for hydroxylation is 1. The lowest BCUT2D eigenvalue weighted by Crippen LogP contribution is -2.32. The Balaban J connectivity index is 1.55. The molecule has 1 unspecified atom stereocenters. The van der Waals surface area contributed by atoms with E-state index in [4.69, 9.17) is 0 Å². The van der Waals surface area contributed by atoms with Crippen molar-refractivity contribution in [1.82, 2.24) is 24.6 Å². The second-order valence-electron chi connectivity index (χ2n) is 7.81. The van der Waals surface area contributed by atoms with Crippen LogP contribution in [0.25, 0.3) is 5.69 Å². The monoisotopic (exact) mass is 433 g/mol. The number of nitrogens with zero attached hydrogens (tertiary/aromatic N) is 4. The van der Waals surface area contributed by atoms with Gasteiger partial charge in [-0.1, -0.05) is 30.3 Å². The number of imidazole rings is 1. The normalized spacial score (nSPS) is 13.7. The first kappa shape index (κ1) is 20.1. The lowest BCUT2D eigenvalue weighted by Gasteiger charge is -2.19. The van der Waals surface area contributed by atoms with Crippen LogP contribution in [0.5, 0.6) is 0 Å². The third-order valence-corrected chi connectivity index (χ3v) is 5.83. The van der Waals surface area contributed by atoms with Crippen molar-refractivity contribution in [3.63, 3.8) is 0 Å². The SMILES string of the molecule is Cn1ccnc1C(NC(=O)c1nn(-c2ccccc2F)c2c1CCC2)c1ccccc1F. The summed E-state index contributed by atoms with van der Waals surface area (Å²) in [4.78, 5) is 17.7. The fourth-order valence-corrected chi connectivity index (χ4v) is 4.29. The summed E-state index contributed by atoms with van der Waals surface area (Å²) in [5.74, 6) is -0.806. The molecule has 0 spiro atoms. The fraction of sp³-hybridized carbons (Fsp3) is 0.208. The van der Waals surface area contributed by atoms with Gasteiger partial charge in [0.15, 0.2) is 5.69 Å². The molecule has 5 rings (SSSR count). The molecule has 1 amide bonds. The van der Waals surface area contributed by atoms with Gasteiger partial charge >= 0.3 is 0 Å². The molecule has 1 aliphatic carbocycles. The van der Waals surface area contributed by atoms with Gasteiger partial charge in [-0.05, 0) is 37.5 Å². The maximum absolute atomic E-state index is 14.7. The van der Waals surface area contributed by atoms with Gasteiger partial charge in [-0.15, -0.1) is 0 Å². The van der Waals surface area contributed by atoms with Gasteiger partial charge in [0.05, 0.1) is 0 Å². The summed E-state index contributed by atoms with van der Waals surface area (Å²) in [6, 6.07) is 11.8. The molecule has 1 aliphatic rings. The van der Waals surface area contributed by atoms with E-state index < -0.39 is 23.6 Å². The number of fused-ring (bicyclic) bond motifs is 1. The number of rotatable bonds is 5. The van der Waals surface area contributed by atoms with Crippen molar-refractivity contribution in [2.45, 2.75) is 25.3 Å². The minimum atomic E-state index is -0.806. The maximum atomic E-state index is 14.7. The number of amides is 1. The number of aromatic nitrogens is 4. The summed E-state index contributed by atoms with van der Waals surface area (Å²) in [7, 11) is 1.78. The first-order chi connectivity index (χ1) is 15.5. The van der Waals surface area contributed by atoms with Crippen molar-refractivity contribution in [3.8, 4) is 5.69 Å². The number of carbonyl (C=O) groups excluding carboxylic acids is 1. The van der Waals surface area contributed by atoms with Gasteiger partial charge in [-0.3, -0.25) is 4.79 Å². The summed E-state index contributed by atoms with van der Waals surface area (Å²) in [6.45, 7) is 0. The van der Waals surface area contributed by atoms with Crippen molar-refractivity contribution in [2.24, 2.45) is 7.05 Å². The van der Waals surface area contributed by atoms with Crippen molar-refractivity contribution in [3.05, 3.63) is 101 Å². The molecule has 2 aromatic carbocycles. The van der Waals surface area contributed by atoms with E-state index in [1.54, 1.807) is 60.4 Å². The number of hydrogen-bond donors (Lipinski definition) is 1. The highest BCUT2D eigenvalue weighted by molar-refractivity contribution is 5.94. The first-order valence-electron chi connectivity index (χ1n) is 10.4. The molecule has 1 atom stereocenters. The summed E-state index contributed by atoms with van der Waals surface area (Å²) >= 11 is 0. The lowest BCUT2D eigenvalue weighted by molar-refractivity contribution is 0.0934. The van der Waals surface area contributed by atoms with Crippen molar-refractivity contribution in [1.29, 1.82) is 0 Å². The van der Waals surface area contributed by atoms with Crippen LogP contribution in [0.2, 0.25) is 0 Å². The highest BCUT2D eigenvalue weighted by atomic mass is 19.1. The minimum Gasteiger partial charge on any atom is -0.336 e. The zero-order valence-corrected chi connectivity index (χ0v) is 17.4. The lowest BCUT2D eigenvalue weighted by atomic mass is 10.0. The van der Waals surface area contributed by atoms with Crippen LogP contribution in [0.15, 0.2) is 60.9 Å². The molecule has 2 heterocycles. The van der Waals surface area contributed by atoms with E-state index in [0.717, 1.165) is 17.7 Å². The fourth-order valence-electron chi connectivity index (χ4n) is 4.29. The van der Waals surface area contributed by atoms with Crippen molar-refractivity contribution >= 4 is 5.91 Å². The van der Waals surface area contributed by atoms with Crippen LogP contribution in [0, 0.1) is 11.6 Å². The van der Waals surface area contributed by atoms with Crippen molar-refractivity contribution in [2.75, 3.05) is 0 Å². The van der Waals surface area contributed by atoms with Gasteiger partial charge in [-0.25, -0.2) is 18.4 Å². The summed E-state index contributed by atoms with van der Waals surface area (Å²) in [5.41, 5.74) is 2.48. The average molecular weight is 433 g/mol. The molecule has 0 bridgehead atoms. The van der Waals surface area contributed by atoms with Gasteiger partial charge in [0.25, 0.3) is 5.91 Å². The predicted molar refractivity (Wildman–Crippen MR) is 114 cm³/mol. The van der Waals surface area contributed by atoms with E-state index in [0.29, 0.717) is 29.9 Å². The van der Waals surface area contributed by atoms with E-state index in [9.17, 15) is 13.6 Å². The van der Waals surface area contributed by atoms with Crippen LogP contribution >= 0.6 is 0 Å². The highest BCUT2D eigenvalue weighted by Gasteiger charge is 2.31. The number of carbonyl (C=O) groups is 1. The van der Waals surface area contributed by atoms with Gasteiger partial charge in [0, 0.05) is 36.3 Å². The van der Waals surface area contributed by atoms with E-state index in [1.807, 2.05) is 0 Å². The third-order valence-electron chi connectivity index (χ3n) is 5.83. The Labute approximate surface area is 183 Å². The van der Waals surface area contributed by atoms with Crippen LogP contribution in [0.4, 0.5) is 8.78 Å². The van der Waals surface area contributed by atoms with Gasteiger partial charge in [0.1, 0.15) is 29.2 Å². The first-order valence-corrected chi connectivity index (χ1v) is 10.4. The zero-order chi connectivity index (χ0) is 22.2. The van der Waals surface area contributed by atoms with Gasteiger partial charge in [0.2, 0.25) is 0 Å². The Morgan fingerprint density at radius 2 is 1.81 bits per heavy atom. The molecule has 4 aromatic rings. The van der Waals surface area contributed by atoms with E-state index >= 15 is 0 Å². The van der Waals surface area contributed by atoms with Crippen LogP contribution in [0.1, 0.15) is 45.6 Å². The zero-order valence-electron chi connectivity index (χ0n) is 17.4. The largest absolute Gasteiger partial charge is 0.336 e. The van der Waals surface area contributed by atoms with Crippen LogP contribution in [0.3, 0.4) is 0 Å². The topological polar surface area (TPSA) is 64.7 Å². The molecule has 8 heteroatoms. The minimum absolute atomic E-state index is 0.233. The third kappa shape index (κ3) is 3.37. The van der Waals surface area contributed by atoms with Gasteiger partial charge in [-0.2, -0.15) is 5.10 Å². The molecular weight excluding hydrogens is 412 g/mol. The average Bonchev–Trinajstić information content (AvgIpc) is 3.50. The summed E-state index contributed by atoms with van der Waals surface area (Å²) < 4.78 is 32.4. The van der Waals surface area contributed by atoms with Crippen molar-refractivity contribution < 1.29 is 13.6 Å². The molecule has 0 radical (unpaired) electrons. The summed E-state index contributed by atoms with van der Waals surface area (Å²) in [5, 5.41) is 7.39. The molecule has 162 valence electrons. The van der Waals surface area contributed by atoms with Crippen LogP contribution in [-0.2, 0) is 19.9 Å². The number of benzene rings is 2. The van der Waals surface area contributed by atoms with E-state index in [1.165, 1.54) is 16.8 Å². The quantitative estimate of drug-likeness (QED) is 0.519. The Morgan fingerprint density at radius 1 is 1.06 bits per heavy atom. The maximum Gasteiger partial charge on any atom is 0.272 e. The molecule has 0 fully saturated rings. The second-order valence-corrected chi connectivity index (χ2v) is 7.81. The number of para-hydroxylation sites is 1. The summed E-state index contributed by atoms with van der Waals surface area (Å²) in [6.07, 6.45) is 5.58. The second kappa shape index (κ2) is 8.03. The number of hydrogen-bond acceptors (Lipinski definition) is 3.